The minimum absolute atomic E-state index is 0.0875. The molecule has 1 unspecified atom stereocenters. The molecular weight excluding hydrogens is 598 g/mol. The molecule has 46 heavy (non-hydrogen) atoms. The molecule has 0 fully saturated rings. The first-order valence-electron chi connectivity index (χ1n) is 14.5. The van der Waals surface area contributed by atoms with Crippen molar-refractivity contribution < 1.29 is 23.9 Å². The highest BCUT2D eigenvalue weighted by atomic mass is 32.2. The highest BCUT2D eigenvalue weighted by Gasteiger charge is 2.19. The van der Waals surface area contributed by atoms with Crippen molar-refractivity contribution in [1.82, 2.24) is 5.32 Å². The number of fused-ring (bicyclic) bond motifs is 1. The smallest absolute Gasteiger partial charge is 0.272 e. The summed E-state index contributed by atoms with van der Waals surface area (Å²) in [6, 6.07) is 34.7. The lowest BCUT2D eigenvalue weighted by molar-refractivity contribution is -0.115. The van der Waals surface area contributed by atoms with Crippen molar-refractivity contribution in [1.29, 1.82) is 0 Å². The van der Waals surface area contributed by atoms with E-state index >= 15 is 0 Å². The highest BCUT2D eigenvalue weighted by molar-refractivity contribution is 8.00. The van der Waals surface area contributed by atoms with Crippen LogP contribution in [0, 0.1) is 0 Å². The summed E-state index contributed by atoms with van der Waals surface area (Å²) in [5, 5.41) is 10.1. The summed E-state index contributed by atoms with van der Waals surface area (Å²) in [6.07, 6.45) is 1.68. The monoisotopic (exact) mass is 631 g/mol. The number of thioether (sulfide) groups is 1. The minimum atomic E-state index is -0.489. The fourth-order valence-corrected chi connectivity index (χ4v) is 5.64. The number of amides is 3. The SMILES string of the molecule is COc1ccc(NC(=O)C(C)Sc2cccc(NC(=O)/C(=C\c3cccc4ccccc34)NC(=O)c3ccccc3)c2)c(OC)c1. The molecule has 8 nitrogen and oxygen atoms in total. The largest absolute Gasteiger partial charge is 0.497 e. The van der Waals surface area contributed by atoms with Crippen LogP contribution in [0.1, 0.15) is 22.8 Å². The average molecular weight is 632 g/mol. The number of nitrogens with one attached hydrogen (secondary N) is 3. The lowest BCUT2D eigenvalue weighted by Gasteiger charge is -2.16. The molecule has 0 spiro atoms. The topological polar surface area (TPSA) is 106 Å². The quantitative estimate of drug-likeness (QED) is 0.104. The Balaban J connectivity index is 1.34. The maximum Gasteiger partial charge on any atom is 0.272 e. The van der Waals surface area contributed by atoms with Crippen LogP contribution < -0.4 is 25.4 Å². The molecule has 0 bridgehead atoms. The van der Waals surface area contributed by atoms with Gasteiger partial charge in [-0.15, -0.1) is 11.8 Å². The number of hydrogen-bond donors (Lipinski definition) is 3. The van der Waals surface area contributed by atoms with E-state index in [1.807, 2.05) is 54.6 Å². The van der Waals surface area contributed by atoms with Gasteiger partial charge < -0.3 is 25.4 Å². The second-order valence-corrected chi connectivity index (χ2v) is 11.7. The molecule has 0 saturated heterocycles. The zero-order valence-corrected chi connectivity index (χ0v) is 26.4. The fraction of sp³-hybridized carbons (Fsp3) is 0.108. The van der Waals surface area contributed by atoms with E-state index in [0.29, 0.717) is 28.4 Å². The van der Waals surface area contributed by atoms with Crippen LogP contribution >= 0.6 is 11.8 Å². The van der Waals surface area contributed by atoms with Crippen LogP contribution in [0.5, 0.6) is 11.5 Å². The normalized spacial score (nSPS) is 11.8. The fourth-order valence-electron chi connectivity index (χ4n) is 4.71. The number of rotatable bonds is 11. The summed E-state index contributed by atoms with van der Waals surface area (Å²) in [7, 11) is 3.09. The van der Waals surface area contributed by atoms with Crippen molar-refractivity contribution in [3.05, 3.63) is 132 Å². The highest BCUT2D eigenvalue weighted by Crippen LogP contribution is 2.31. The van der Waals surface area contributed by atoms with Gasteiger partial charge in [0, 0.05) is 22.2 Å². The number of ether oxygens (including phenoxy) is 2. The Bertz CT molecular complexity index is 1900. The van der Waals surface area contributed by atoms with Gasteiger partial charge in [0.1, 0.15) is 17.2 Å². The number of carbonyl (C=O) groups is 3. The number of benzene rings is 5. The molecule has 3 amide bonds. The Morgan fingerprint density at radius 3 is 2.28 bits per heavy atom. The molecule has 0 aliphatic rings. The molecule has 1 atom stereocenters. The molecule has 5 aromatic rings. The van der Waals surface area contributed by atoms with Gasteiger partial charge in [-0.05, 0) is 71.8 Å². The first-order valence-corrected chi connectivity index (χ1v) is 15.4. The van der Waals surface area contributed by atoms with Gasteiger partial charge in [-0.3, -0.25) is 14.4 Å². The van der Waals surface area contributed by atoms with Crippen molar-refractivity contribution >= 4 is 57.7 Å². The molecular formula is C37H33N3O5S. The minimum Gasteiger partial charge on any atom is -0.497 e. The van der Waals surface area contributed by atoms with Crippen molar-refractivity contribution in [2.75, 3.05) is 24.9 Å². The molecule has 0 aliphatic heterocycles. The zero-order valence-electron chi connectivity index (χ0n) is 25.6. The van der Waals surface area contributed by atoms with Crippen LogP contribution in [-0.4, -0.2) is 37.2 Å². The lowest BCUT2D eigenvalue weighted by atomic mass is 10.0. The van der Waals surface area contributed by atoms with E-state index in [0.717, 1.165) is 21.2 Å². The molecule has 0 radical (unpaired) electrons. The van der Waals surface area contributed by atoms with E-state index in [9.17, 15) is 14.4 Å². The number of hydrogen-bond acceptors (Lipinski definition) is 6. The number of carbonyl (C=O) groups excluding carboxylic acids is 3. The number of anilines is 2. The van der Waals surface area contributed by atoms with Crippen LogP contribution in [0.15, 0.2) is 126 Å². The first kappa shape index (κ1) is 31.9. The summed E-state index contributed by atoms with van der Waals surface area (Å²) in [5.74, 6) is -0.00400. The molecule has 5 rings (SSSR count). The maximum absolute atomic E-state index is 13.7. The van der Waals surface area contributed by atoms with E-state index in [1.165, 1.54) is 18.9 Å². The summed E-state index contributed by atoms with van der Waals surface area (Å²) in [6.45, 7) is 1.80. The van der Waals surface area contributed by atoms with Crippen LogP contribution in [-0.2, 0) is 9.59 Å². The predicted molar refractivity (Wildman–Crippen MR) is 184 cm³/mol. The lowest BCUT2D eigenvalue weighted by Crippen LogP contribution is -2.30. The molecule has 9 heteroatoms. The Morgan fingerprint density at radius 2 is 1.50 bits per heavy atom. The van der Waals surface area contributed by atoms with Crippen LogP contribution in [0.2, 0.25) is 0 Å². The summed E-state index contributed by atoms with van der Waals surface area (Å²) < 4.78 is 10.6. The van der Waals surface area contributed by atoms with E-state index < -0.39 is 17.1 Å². The second-order valence-electron chi connectivity index (χ2n) is 10.2. The van der Waals surface area contributed by atoms with Crippen LogP contribution in [0.25, 0.3) is 16.8 Å². The number of methoxy groups -OCH3 is 2. The third kappa shape index (κ3) is 7.94. The third-order valence-electron chi connectivity index (χ3n) is 7.09. The van der Waals surface area contributed by atoms with E-state index in [2.05, 4.69) is 16.0 Å². The predicted octanol–water partition coefficient (Wildman–Crippen LogP) is 7.39. The maximum atomic E-state index is 13.7. The van der Waals surface area contributed by atoms with Gasteiger partial charge in [0.25, 0.3) is 11.8 Å². The summed E-state index contributed by atoms with van der Waals surface area (Å²) in [5.41, 5.74) is 2.35. The van der Waals surface area contributed by atoms with E-state index in [-0.39, 0.29) is 11.6 Å². The second kappa shape index (κ2) is 15.0. The molecule has 0 heterocycles. The van der Waals surface area contributed by atoms with Gasteiger partial charge in [-0.2, -0.15) is 0 Å². The van der Waals surface area contributed by atoms with Crippen LogP contribution in [0.3, 0.4) is 0 Å². The van der Waals surface area contributed by atoms with E-state index in [1.54, 1.807) is 80.8 Å². The molecule has 0 saturated carbocycles. The Labute approximate surface area is 271 Å². The molecule has 0 aliphatic carbocycles. The van der Waals surface area contributed by atoms with Crippen molar-refractivity contribution in [2.24, 2.45) is 0 Å². The molecule has 0 aromatic heterocycles. The standard InChI is InChI=1S/C37H33N3O5S/c1-24(35(41)39-32-20-19-29(44-2)23-34(32)45-3)46-30-17-10-16-28(22-30)38-37(43)33(40-36(42)26-12-5-4-6-13-26)21-27-15-9-14-25-11-7-8-18-31(25)27/h4-24H,1-3H3,(H,38,43)(H,39,41)(H,40,42)/b33-21+. The van der Waals surface area contributed by atoms with Gasteiger partial charge in [0.05, 0.1) is 25.2 Å². The zero-order chi connectivity index (χ0) is 32.5. The van der Waals surface area contributed by atoms with Gasteiger partial charge in [0.15, 0.2) is 0 Å². The van der Waals surface area contributed by atoms with Gasteiger partial charge in [-0.1, -0.05) is 66.7 Å². The van der Waals surface area contributed by atoms with Crippen LogP contribution in [0.4, 0.5) is 11.4 Å². The van der Waals surface area contributed by atoms with E-state index in [4.69, 9.17) is 9.47 Å². The third-order valence-corrected chi connectivity index (χ3v) is 8.19. The summed E-state index contributed by atoms with van der Waals surface area (Å²) in [4.78, 5) is 40.6. The van der Waals surface area contributed by atoms with Crippen molar-refractivity contribution in [2.45, 2.75) is 17.1 Å². The Hall–Kier alpha value is -5.54. The first-order chi connectivity index (χ1) is 22.3. The van der Waals surface area contributed by atoms with Gasteiger partial charge >= 0.3 is 0 Å². The Kier molecular flexibility index (Phi) is 10.4. The molecule has 232 valence electrons. The van der Waals surface area contributed by atoms with Crippen molar-refractivity contribution in [3.63, 3.8) is 0 Å². The molecule has 5 aromatic carbocycles. The van der Waals surface area contributed by atoms with Gasteiger partial charge in [0.2, 0.25) is 5.91 Å². The molecule has 3 N–H and O–H groups in total. The van der Waals surface area contributed by atoms with Crippen molar-refractivity contribution in [3.8, 4) is 11.5 Å². The summed E-state index contributed by atoms with van der Waals surface area (Å²) >= 11 is 1.34. The van der Waals surface area contributed by atoms with Gasteiger partial charge in [-0.25, -0.2) is 0 Å². The average Bonchev–Trinajstić information content (AvgIpc) is 3.08. The Morgan fingerprint density at radius 1 is 0.761 bits per heavy atom.